The summed E-state index contributed by atoms with van der Waals surface area (Å²) in [4.78, 5) is 11.5. The molecule has 1 heterocycles. The van der Waals surface area contributed by atoms with Crippen LogP contribution in [0.1, 0.15) is 19.3 Å². The zero-order chi connectivity index (χ0) is 8.60. The summed E-state index contributed by atoms with van der Waals surface area (Å²) < 4.78 is 5.10. The highest BCUT2D eigenvalue weighted by Crippen LogP contribution is 2.22. The van der Waals surface area contributed by atoms with Gasteiger partial charge in [-0.2, -0.15) is 0 Å². The van der Waals surface area contributed by atoms with E-state index < -0.39 is 5.54 Å². The van der Waals surface area contributed by atoms with Crippen LogP contribution in [0.3, 0.4) is 0 Å². The van der Waals surface area contributed by atoms with E-state index >= 15 is 0 Å². The lowest BCUT2D eigenvalue weighted by atomic mass is 9.99. The van der Waals surface area contributed by atoms with E-state index in [1.54, 1.807) is 0 Å². The Morgan fingerprint density at radius 2 is 2.33 bits per heavy atom. The summed E-state index contributed by atoms with van der Waals surface area (Å²) in [6.45, 7) is 0.972. The fourth-order valence-electron chi connectivity index (χ4n) is 1.32. The summed E-state index contributed by atoms with van der Waals surface area (Å²) in [5, 5.41) is 2.89. The Kier molecular flexibility index (Phi) is 1.81. The molecule has 1 unspecified atom stereocenters. The van der Waals surface area contributed by atoms with Gasteiger partial charge in [0.05, 0.1) is 6.61 Å². The zero-order valence-corrected chi connectivity index (χ0v) is 7.01. The van der Waals surface area contributed by atoms with Gasteiger partial charge in [0.1, 0.15) is 5.54 Å². The van der Waals surface area contributed by atoms with Crippen molar-refractivity contribution in [2.24, 2.45) is 5.73 Å². The Bertz CT molecular complexity index is 195. The third kappa shape index (κ3) is 1.44. The van der Waals surface area contributed by atoms with Crippen molar-refractivity contribution in [2.45, 2.75) is 30.8 Å². The number of hydrogen-bond acceptors (Lipinski definition) is 3. The number of amides is 1. The molecule has 0 radical (unpaired) electrons. The molecule has 1 aliphatic heterocycles. The van der Waals surface area contributed by atoms with Gasteiger partial charge in [0.15, 0.2) is 0 Å². The minimum Gasteiger partial charge on any atom is -0.379 e. The zero-order valence-electron chi connectivity index (χ0n) is 7.01. The monoisotopic (exact) mass is 170 g/mol. The Morgan fingerprint density at radius 3 is 2.83 bits per heavy atom. The van der Waals surface area contributed by atoms with Crippen molar-refractivity contribution in [3.63, 3.8) is 0 Å². The minimum absolute atomic E-state index is 0.0394. The third-order valence-electron chi connectivity index (χ3n) is 2.42. The fourth-order valence-corrected chi connectivity index (χ4v) is 1.32. The Hall–Kier alpha value is -0.610. The van der Waals surface area contributed by atoms with Gasteiger partial charge < -0.3 is 15.8 Å². The van der Waals surface area contributed by atoms with Gasteiger partial charge in [-0.25, -0.2) is 0 Å². The molecule has 3 N–H and O–H groups in total. The fraction of sp³-hybridized carbons (Fsp3) is 0.875. The van der Waals surface area contributed by atoms with Crippen LogP contribution in [-0.4, -0.2) is 30.7 Å². The van der Waals surface area contributed by atoms with E-state index in [1.165, 1.54) is 0 Å². The van der Waals surface area contributed by atoms with Crippen LogP contribution in [0.4, 0.5) is 0 Å². The maximum atomic E-state index is 11.5. The molecule has 0 aromatic carbocycles. The third-order valence-corrected chi connectivity index (χ3v) is 2.42. The van der Waals surface area contributed by atoms with Crippen molar-refractivity contribution in [2.75, 3.05) is 13.2 Å². The van der Waals surface area contributed by atoms with E-state index in [1.807, 2.05) is 0 Å². The number of ether oxygens (including phenoxy) is 1. The van der Waals surface area contributed by atoms with Crippen LogP contribution in [0.2, 0.25) is 0 Å². The van der Waals surface area contributed by atoms with Crippen LogP contribution in [-0.2, 0) is 9.53 Å². The van der Waals surface area contributed by atoms with Gasteiger partial charge in [-0.15, -0.1) is 0 Å². The van der Waals surface area contributed by atoms with Gasteiger partial charge in [-0.1, -0.05) is 0 Å². The number of carbonyl (C=O) groups excluding carboxylic acids is 1. The molecule has 1 amide bonds. The highest BCUT2D eigenvalue weighted by Gasteiger charge is 2.40. The molecule has 68 valence electrons. The van der Waals surface area contributed by atoms with E-state index in [2.05, 4.69) is 5.32 Å². The SMILES string of the molecule is NC1(C(=O)NC2CC2)CCOC1. The first-order chi connectivity index (χ1) is 5.71. The smallest absolute Gasteiger partial charge is 0.242 e. The van der Waals surface area contributed by atoms with E-state index in [-0.39, 0.29) is 5.91 Å². The molecule has 2 fully saturated rings. The Labute approximate surface area is 71.4 Å². The highest BCUT2D eigenvalue weighted by molar-refractivity contribution is 5.87. The number of rotatable bonds is 2. The summed E-state index contributed by atoms with van der Waals surface area (Å²) in [6.07, 6.45) is 2.84. The first kappa shape index (κ1) is 8.01. The molecular formula is C8H14N2O2. The molecule has 4 nitrogen and oxygen atoms in total. The molecule has 1 saturated carbocycles. The average Bonchev–Trinajstić information content (AvgIpc) is 2.73. The molecule has 1 atom stereocenters. The molecule has 0 aromatic heterocycles. The van der Waals surface area contributed by atoms with Crippen molar-refractivity contribution < 1.29 is 9.53 Å². The highest BCUT2D eigenvalue weighted by atomic mass is 16.5. The summed E-state index contributed by atoms with van der Waals surface area (Å²) >= 11 is 0. The lowest BCUT2D eigenvalue weighted by Crippen LogP contribution is -2.55. The topological polar surface area (TPSA) is 64.4 Å². The summed E-state index contributed by atoms with van der Waals surface area (Å²) in [6, 6.07) is 0.388. The van der Waals surface area contributed by atoms with E-state index in [4.69, 9.17) is 10.5 Å². The van der Waals surface area contributed by atoms with E-state index in [0.717, 1.165) is 12.8 Å². The second kappa shape index (κ2) is 2.71. The van der Waals surface area contributed by atoms with Gasteiger partial charge in [-0.3, -0.25) is 4.79 Å². The summed E-state index contributed by atoms with van der Waals surface area (Å²) in [5.74, 6) is -0.0394. The first-order valence-electron chi connectivity index (χ1n) is 4.38. The van der Waals surface area contributed by atoms with Crippen molar-refractivity contribution in [1.82, 2.24) is 5.32 Å². The van der Waals surface area contributed by atoms with Crippen molar-refractivity contribution >= 4 is 5.91 Å². The summed E-state index contributed by atoms with van der Waals surface area (Å²) in [7, 11) is 0. The first-order valence-corrected chi connectivity index (χ1v) is 4.38. The van der Waals surface area contributed by atoms with E-state index in [9.17, 15) is 4.79 Å². The molecule has 4 heteroatoms. The maximum Gasteiger partial charge on any atom is 0.242 e. The predicted molar refractivity (Wildman–Crippen MR) is 43.5 cm³/mol. The maximum absolute atomic E-state index is 11.5. The summed E-state index contributed by atoms with van der Waals surface area (Å²) in [5.41, 5.74) is 5.09. The number of hydrogen-bond donors (Lipinski definition) is 2. The largest absolute Gasteiger partial charge is 0.379 e. The quantitative estimate of drug-likeness (QED) is 0.580. The number of nitrogens with one attached hydrogen (secondary N) is 1. The van der Waals surface area contributed by atoms with Gasteiger partial charge >= 0.3 is 0 Å². The van der Waals surface area contributed by atoms with E-state index in [0.29, 0.717) is 25.7 Å². The Morgan fingerprint density at radius 1 is 1.58 bits per heavy atom. The molecule has 0 bridgehead atoms. The van der Waals surface area contributed by atoms with Crippen LogP contribution < -0.4 is 11.1 Å². The molecule has 0 aromatic rings. The minimum atomic E-state index is -0.747. The number of carbonyl (C=O) groups is 1. The molecule has 2 rings (SSSR count). The van der Waals surface area contributed by atoms with Crippen LogP contribution in [0.15, 0.2) is 0 Å². The standard InChI is InChI=1S/C8H14N2O2/c9-8(3-4-12-5-8)7(11)10-6-1-2-6/h6H,1-5,9H2,(H,10,11). The average molecular weight is 170 g/mol. The van der Waals surface area contributed by atoms with Gasteiger partial charge in [0.25, 0.3) is 0 Å². The number of nitrogens with two attached hydrogens (primary N) is 1. The van der Waals surface area contributed by atoms with Gasteiger partial charge in [0, 0.05) is 12.6 Å². The van der Waals surface area contributed by atoms with Crippen LogP contribution in [0, 0.1) is 0 Å². The van der Waals surface area contributed by atoms with Crippen molar-refractivity contribution in [1.29, 1.82) is 0 Å². The van der Waals surface area contributed by atoms with Gasteiger partial charge in [0.2, 0.25) is 5.91 Å². The molecule has 0 spiro atoms. The molecule has 12 heavy (non-hydrogen) atoms. The Balaban J connectivity index is 1.91. The second-order valence-electron chi connectivity index (χ2n) is 3.71. The normalized spacial score (nSPS) is 35.1. The lowest BCUT2D eigenvalue weighted by Gasteiger charge is -2.20. The van der Waals surface area contributed by atoms with Gasteiger partial charge in [-0.05, 0) is 19.3 Å². The van der Waals surface area contributed by atoms with Crippen LogP contribution in [0.5, 0.6) is 0 Å². The molecular weight excluding hydrogens is 156 g/mol. The predicted octanol–water partition coefficient (Wildman–Crippen LogP) is -0.617. The second-order valence-corrected chi connectivity index (χ2v) is 3.71. The van der Waals surface area contributed by atoms with Crippen molar-refractivity contribution in [3.05, 3.63) is 0 Å². The molecule has 2 aliphatic rings. The van der Waals surface area contributed by atoms with Crippen LogP contribution >= 0.6 is 0 Å². The molecule has 1 saturated heterocycles. The molecule has 1 aliphatic carbocycles. The van der Waals surface area contributed by atoms with Crippen LogP contribution in [0.25, 0.3) is 0 Å². The lowest BCUT2D eigenvalue weighted by molar-refractivity contribution is -0.126. The van der Waals surface area contributed by atoms with Crippen molar-refractivity contribution in [3.8, 4) is 0 Å².